The number of aromatic amines is 1. The van der Waals surface area contributed by atoms with Crippen LogP contribution >= 0.6 is 11.6 Å². The summed E-state index contributed by atoms with van der Waals surface area (Å²) < 4.78 is 0. The second-order valence-corrected chi connectivity index (χ2v) is 6.68. The molecule has 0 saturated carbocycles. The van der Waals surface area contributed by atoms with E-state index < -0.39 is 5.56 Å². The van der Waals surface area contributed by atoms with E-state index in [0.717, 1.165) is 5.56 Å². The number of carbonyl (C=O) groups is 1. The lowest BCUT2D eigenvalue weighted by Crippen LogP contribution is -2.18. The molecule has 0 aliphatic rings. The molecular formula is C23H15ClN2O2. The summed E-state index contributed by atoms with van der Waals surface area (Å²) in [5, 5.41) is 1.21. The monoisotopic (exact) mass is 386 g/mol. The molecule has 0 atom stereocenters. The summed E-state index contributed by atoms with van der Waals surface area (Å²) in [6.45, 7) is 0. The van der Waals surface area contributed by atoms with Crippen molar-refractivity contribution >= 4 is 34.4 Å². The number of pyridine rings is 2. The molecule has 0 amide bonds. The van der Waals surface area contributed by atoms with Gasteiger partial charge in [0.2, 0.25) is 0 Å². The molecule has 0 aliphatic carbocycles. The van der Waals surface area contributed by atoms with Crippen molar-refractivity contribution in [3.63, 3.8) is 0 Å². The van der Waals surface area contributed by atoms with E-state index in [-0.39, 0.29) is 11.3 Å². The Morgan fingerprint density at radius 3 is 2.61 bits per heavy atom. The number of aromatic nitrogens is 2. The molecule has 1 N–H and O–H groups in total. The van der Waals surface area contributed by atoms with Gasteiger partial charge in [-0.2, -0.15) is 0 Å². The van der Waals surface area contributed by atoms with Crippen molar-refractivity contribution in [2.45, 2.75) is 0 Å². The Kier molecular flexibility index (Phi) is 4.87. The number of hydrogen-bond acceptors (Lipinski definition) is 3. The number of ketones is 1. The van der Waals surface area contributed by atoms with Crippen LogP contribution in [0.25, 0.3) is 28.1 Å². The van der Waals surface area contributed by atoms with Crippen molar-refractivity contribution in [1.29, 1.82) is 0 Å². The Bertz CT molecular complexity index is 1250. The number of benzene rings is 2. The van der Waals surface area contributed by atoms with Gasteiger partial charge in [-0.25, -0.2) is 0 Å². The van der Waals surface area contributed by atoms with Crippen LogP contribution in [0.5, 0.6) is 0 Å². The number of nitrogens with one attached hydrogen (secondary N) is 1. The summed E-state index contributed by atoms with van der Waals surface area (Å²) >= 11 is 6.18. The highest BCUT2D eigenvalue weighted by atomic mass is 35.5. The molecule has 2 heterocycles. The lowest BCUT2D eigenvalue weighted by atomic mass is 9.94. The number of carbonyl (C=O) groups excluding carboxylic acids is 1. The van der Waals surface area contributed by atoms with E-state index in [1.54, 1.807) is 42.7 Å². The number of fused-ring (bicyclic) bond motifs is 1. The average Bonchev–Trinajstić information content (AvgIpc) is 2.73. The summed E-state index contributed by atoms with van der Waals surface area (Å²) in [7, 11) is 0. The molecule has 0 aliphatic heterocycles. The van der Waals surface area contributed by atoms with Crippen molar-refractivity contribution in [1.82, 2.24) is 9.97 Å². The quantitative estimate of drug-likeness (QED) is 0.390. The highest BCUT2D eigenvalue weighted by Crippen LogP contribution is 2.31. The Labute approximate surface area is 166 Å². The lowest BCUT2D eigenvalue weighted by Gasteiger charge is -2.11. The third-order valence-electron chi connectivity index (χ3n) is 4.40. The van der Waals surface area contributed by atoms with Gasteiger partial charge in [-0.3, -0.25) is 14.6 Å². The molecule has 4 rings (SSSR count). The third kappa shape index (κ3) is 3.50. The number of halogens is 1. The molecule has 5 heteroatoms. The first-order valence-corrected chi connectivity index (χ1v) is 9.05. The van der Waals surface area contributed by atoms with Gasteiger partial charge in [0.1, 0.15) is 0 Å². The van der Waals surface area contributed by atoms with E-state index in [0.29, 0.717) is 27.1 Å². The van der Waals surface area contributed by atoms with Crippen LogP contribution in [-0.2, 0) is 0 Å². The van der Waals surface area contributed by atoms with E-state index in [2.05, 4.69) is 9.97 Å². The van der Waals surface area contributed by atoms with E-state index in [1.165, 1.54) is 6.08 Å². The van der Waals surface area contributed by atoms with Gasteiger partial charge in [-0.05, 0) is 35.9 Å². The predicted octanol–water partition coefficient (Wildman–Crippen LogP) is 5.14. The fourth-order valence-corrected chi connectivity index (χ4v) is 3.30. The van der Waals surface area contributed by atoms with Gasteiger partial charge < -0.3 is 4.98 Å². The summed E-state index contributed by atoms with van der Waals surface area (Å²) in [5.74, 6) is -0.383. The number of nitrogens with zero attached hydrogens (tertiary/aromatic N) is 1. The Morgan fingerprint density at radius 1 is 1.04 bits per heavy atom. The molecule has 0 fully saturated rings. The van der Waals surface area contributed by atoms with Gasteiger partial charge in [0.25, 0.3) is 5.56 Å². The van der Waals surface area contributed by atoms with E-state index in [1.807, 2.05) is 36.4 Å². The second kappa shape index (κ2) is 7.62. The van der Waals surface area contributed by atoms with Crippen molar-refractivity contribution in [2.24, 2.45) is 0 Å². The Morgan fingerprint density at radius 2 is 1.86 bits per heavy atom. The molecule has 0 spiro atoms. The SMILES string of the molecule is O=C(C=Cc1ccccc1)c1c(-c2cccnc2)c2cc(Cl)ccc2[nH]c1=O. The summed E-state index contributed by atoms with van der Waals surface area (Å²) in [5.41, 5.74) is 2.30. The number of H-pyrrole nitrogens is 1. The van der Waals surface area contributed by atoms with Crippen molar-refractivity contribution < 1.29 is 4.79 Å². The minimum absolute atomic E-state index is 0.0648. The van der Waals surface area contributed by atoms with Crippen LogP contribution in [0.3, 0.4) is 0 Å². The number of hydrogen-bond donors (Lipinski definition) is 1. The largest absolute Gasteiger partial charge is 0.321 e. The average molecular weight is 387 g/mol. The van der Waals surface area contributed by atoms with Crippen molar-refractivity contribution in [3.8, 4) is 11.1 Å². The normalized spacial score (nSPS) is 11.2. The highest BCUT2D eigenvalue weighted by Gasteiger charge is 2.19. The van der Waals surface area contributed by atoms with Crippen LogP contribution in [0.1, 0.15) is 15.9 Å². The maximum atomic E-state index is 13.0. The molecule has 2 aromatic carbocycles. The fraction of sp³-hybridized carbons (Fsp3) is 0. The fourth-order valence-electron chi connectivity index (χ4n) is 3.13. The van der Waals surface area contributed by atoms with Gasteiger partial charge in [0.05, 0.1) is 5.56 Å². The van der Waals surface area contributed by atoms with Crippen LogP contribution in [0.4, 0.5) is 0 Å². The lowest BCUT2D eigenvalue weighted by molar-refractivity contribution is 0.104. The molecule has 0 radical (unpaired) electrons. The minimum atomic E-state index is -0.448. The predicted molar refractivity (Wildman–Crippen MR) is 113 cm³/mol. The topological polar surface area (TPSA) is 62.8 Å². The first-order valence-electron chi connectivity index (χ1n) is 8.67. The van der Waals surface area contributed by atoms with Crippen molar-refractivity contribution in [2.75, 3.05) is 0 Å². The smallest absolute Gasteiger partial charge is 0.260 e. The van der Waals surface area contributed by atoms with Gasteiger partial charge in [-0.1, -0.05) is 54.1 Å². The van der Waals surface area contributed by atoms with Gasteiger partial charge in [0.15, 0.2) is 5.78 Å². The molecule has 4 nitrogen and oxygen atoms in total. The molecule has 136 valence electrons. The summed E-state index contributed by atoms with van der Waals surface area (Å²) in [6.07, 6.45) is 6.38. The van der Waals surface area contributed by atoms with Crippen LogP contribution in [-0.4, -0.2) is 15.8 Å². The first kappa shape index (κ1) is 17.9. The van der Waals surface area contributed by atoms with Crippen LogP contribution in [0.15, 0.2) is 83.9 Å². The summed E-state index contributed by atoms with van der Waals surface area (Å²) in [4.78, 5) is 32.7. The zero-order valence-corrected chi connectivity index (χ0v) is 15.5. The second-order valence-electron chi connectivity index (χ2n) is 6.24. The third-order valence-corrected chi connectivity index (χ3v) is 4.63. The van der Waals surface area contributed by atoms with Gasteiger partial charge in [-0.15, -0.1) is 0 Å². The summed E-state index contributed by atoms with van der Waals surface area (Å²) in [6, 6.07) is 18.2. The number of rotatable bonds is 4. The van der Waals surface area contributed by atoms with E-state index in [4.69, 9.17) is 11.6 Å². The number of allylic oxidation sites excluding steroid dienone is 1. The zero-order valence-electron chi connectivity index (χ0n) is 14.7. The molecule has 0 bridgehead atoms. The van der Waals surface area contributed by atoms with Crippen LogP contribution < -0.4 is 5.56 Å². The molecule has 28 heavy (non-hydrogen) atoms. The van der Waals surface area contributed by atoms with Gasteiger partial charge >= 0.3 is 0 Å². The van der Waals surface area contributed by atoms with Crippen LogP contribution in [0.2, 0.25) is 5.02 Å². The molecule has 4 aromatic rings. The zero-order chi connectivity index (χ0) is 19.5. The van der Waals surface area contributed by atoms with E-state index in [9.17, 15) is 9.59 Å². The molecule has 0 unspecified atom stereocenters. The highest BCUT2D eigenvalue weighted by molar-refractivity contribution is 6.31. The standard InChI is InChI=1S/C23H15ClN2O2/c24-17-9-10-19-18(13-17)21(16-7-4-12-25-14-16)22(23(28)26-19)20(27)11-8-15-5-2-1-3-6-15/h1-14H,(H,26,28). The molecule has 0 saturated heterocycles. The van der Waals surface area contributed by atoms with E-state index >= 15 is 0 Å². The molecule has 2 aromatic heterocycles. The maximum absolute atomic E-state index is 13.0. The van der Waals surface area contributed by atoms with Gasteiger partial charge in [0, 0.05) is 39.4 Å². The van der Waals surface area contributed by atoms with Crippen LogP contribution in [0, 0.1) is 0 Å². The Hall–Kier alpha value is -3.50. The van der Waals surface area contributed by atoms with Crippen molar-refractivity contribution in [3.05, 3.63) is 106 Å². The maximum Gasteiger partial charge on any atom is 0.260 e. The minimum Gasteiger partial charge on any atom is -0.321 e. The first-order chi connectivity index (χ1) is 13.6. The molecular weight excluding hydrogens is 372 g/mol. The Balaban J connectivity index is 1.95.